The van der Waals surface area contributed by atoms with Crippen LogP contribution in [-0.4, -0.2) is 9.78 Å². The Morgan fingerprint density at radius 3 is 2.71 bits per heavy atom. The predicted octanol–water partition coefficient (Wildman–Crippen LogP) is 2.68. The van der Waals surface area contributed by atoms with E-state index in [2.05, 4.69) is 27.7 Å². The summed E-state index contributed by atoms with van der Waals surface area (Å²) in [6.07, 6.45) is 1.84. The first-order valence-corrected chi connectivity index (χ1v) is 5.26. The minimum atomic E-state index is -0.182. The lowest BCUT2D eigenvalue weighted by Gasteiger charge is -2.02. The largest absolute Gasteiger partial charge is 0.267 e. The molecule has 0 spiro atoms. The second-order valence-electron chi connectivity index (χ2n) is 2.93. The van der Waals surface area contributed by atoms with Crippen molar-refractivity contribution >= 4 is 22.6 Å². The minimum Gasteiger partial charge on any atom is -0.267 e. The summed E-state index contributed by atoms with van der Waals surface area (Å²) in [6, 6.07) is 8.63. The van der Waals surface area contributed by atoms with Crippen molar-refractivity contribution in [3.05, 3.63) is 51.6 Å². The number of rotatable bonds is 2. The zero-order valence-corrected chi connectivity index (χ0v) is 9.48. The Labute approximate surface area is 94.9 Å². The molecule has 4 heteroatoms. The molecule has 0 fully saturated rings. The van der Waals surface area contributed by atoms with Gasteiger partial charge in [-0.15, -0.1) is 0 Å². The molecule has 0 N–H and O–H groups in total. The van der Waals surface area contributed by atoms with Crippen molar-refractivity contribution in [3.8, 4) is 0 Å². The third-order valence-corrected chi connectivity index (χ3v) is 2.47. The third kappa shape index (κ3) is 2.12. The molecule has 0 amide bonds. The number of hydrogen-bond donors (Lipinski definition) is 0. The highest BCUT2D eigenvalue weighted by Crippen LogP contribution is 2.08. The summed E-state index contributed by atoms with van der Waals surface area (Å²) >= 11 is 2.13. The fraction of sp³-hybridized carbons (Fsp3) is 0.100. The Balaban J connectivity index is 2.23. The summed E-state index contributed by atoms with van der Waals surface area (Å²) in [5.41, 5.74) is 0.659. The van der Waals surface area contributed by atoms with E-state index in [1.165, 1.54) is 6.07 Å². The van der Waals surface area contributed by atoms with Crippen LogP contribution >= 0.6 is 22.6 Å². The average molecular weight is 302 g/mol. The highest BCUT2D eigenvalue weighted by atomic mass is 127. The molecule has 0 bridgehead atoms. The quantitative estimate of drug-likeness (QED) is 0.780. The van der Waals surface area contributed by atoms with Crippen molar-refractivity contribution in [1.82, 2.24) is 9.78 Å². The second-order valence-corrected chi connectivity index (χ2v) is 4.03. The van der Waals surface area contributed by atoms with Gasteiger partial charge in [-0.3, -0.25) is 4.68 Å². The van der Waals surface area contributed by atoms with E-state index in [0.717, 1.165) is 3.70 Å². The van der Waals surface area contributed by atoms with Gasteiger partial charge in [-0.25, -0.2) is 4.39 Å². The zero-order chi connectivity index (χ0) is 9.97. The highest BCUT2D eigenvalue weighted by Gasteiger charge is 2.02. The zero-order valence-electron chi connectivity index (χ0n) is 7.32. The lowest BCUT2D eigenvalue weighted by Crippen LogP contribution is -2.02. The molecule has 0 aliphatic carbocycles. The normalized spacial score (nSPS) is 10.4. The molecule has 0 saturated carbocycles. The van der Waals surface area contributed by atoms with Crippen LogP contribution in [0.1, 0.15) is 5.56 Å². The van der Waals surface area contributed by atoms with E-state index in [4.69, 9.17) is 0 Å². The molecule has 0 aliphatic heterocycles. The van der Waals surface area contributed by atoms with Crippen LogP contribution in [0.25, 0.3) is 0 Å². The van der Waals surface area contributed by atoms with Gasteiger partial charge in [0.25, 0.3) is 0 Å². The minimum absolute atomic E-state index is 0.182. The van der Waals surface area contributed by atoms with Gasteiger partial charge >= 0.3 is 0 Å². The molecule has 0 unspecified atom stereocenters. The van der Waals surface area contributed by atoms with Crippen LogP contribution in [0.2, 0.25) is 0 Å². The number of halogens is 2. The van der Waals surface area contributed by atoms with Gasteiger partial charge in [0.2, 0.25) is 0 Å². The smallest absolute Gasteiger partial charge is 0.128 e. The van der Waals surface area contributed by atoms with E-state index >= 15 is 0 Å². The van der Waals surface area contributed by atoms with Crippen molar-refractivity contribution in [1.29, 1.82) is 0 Å². The maximum Gasteiger partial charge on any atom is 0.128 e. The summed E-state index contributed by atoms with van der Waals surface area (Å²) in [6.45, 7) is 0.482. The Morgan fingerprint density at radius 2 is 2.07 bits per heavy atom. The van der Waals surface area contributed by atoms with Crippen molar-refractivity contribution in [2.75, 3.05) is 0 Å². The Morgan fingerprint density at radius 1 is 1.29 bits per heavy atom. The molecule has 2 rings (SSSR count). The summed E-state index contributed by atoms with van der Waals surface area (Å²) < 4.78 is 15.9. The number of nitrogens with zero attached hydrogens (tertiary/aromatic N) is 2. The average Bonchev–Trinajstić information content (AvgIpc) is 2.56. The highest BCUT2D eigenvalue weighted by molar-refractivity contribution is 14.1. The monoisotopic (exact) mass is 302 g/mol. The first-order chi connectivity index (χ1) is 6.75. The lowest BCUT2D eigenvalue weighted by atomic mass is 10.2. The molecular weight excluding hydrogens is 294 g/mol. The molecule has 72 valence electrons. The molecule has 2 nitrogen and oxygen atoms in total. The van der Waals surface area contributed by atoms with E-state index in [-0.39, 0.29) is 5.82 Å². The molecule has 0 saturated heterocycles. The van der Waals surface area contributed by atoms with E-state index in [9.17, 15) is 4.39 Å². The number of benzene rings is 1. The molecular formula is C10H8FIN2. The Bertz CT molecular complexity index is 439. The van der Waals surface area contributed by atoms with Gasteiger partial charge in [-0.1, -0.05) is 18.2 Å². The standard InChI is InChI=1S/C10H8FIN2/c11-9-4-2-1-3-8(9)7-14-6-5-10(12)13-14/h1-6H,7H2. The summed E-state index contributed by atoms with van der Waals surface area (Å²) in [7, 11) is 0. The van der Waals surface area contributed by atoms with Gasteiger partial charge in [0.1, 0.15) is 9.52 Å². The molecule has 1 heterocycles. The van der Waals surface area contributed by atoms with Gasteiger partial charge in [-0.2, -0.15) is 5.10 Å². The van der Waals surface area contributed by atoms with Crippen molar-refractivity contribution < 1.29 is 4.39 Å². The van der Waals surface area contributed by atoms with Crippen LogP contribution < -0.4 is 0 Å². The van der Waals surface area contributed by atoms with Crippen LogP contribution in [0.15, 0.2) is 36.5 Å². The van der Waals surface area contributed by atoms with E-state index in [1.54, 1.807) is 16.8 Å². The molecule has 0 atom stereocenters. The molecule has 14 heavy (non-hydrogen) atoms. The molecule has 1 aromatic heterocycles. The van der Waals surface area contributed by atoms with Crippen LogP contribution in [0.5, 0.6) is 0 Å². The van der Waals surface area contributed by atoms with Gasteiger partial charge in [-0.05, 0) is 34.7 Å². The van der Waals surface area contributed by atoms with Crippen LogP contribution in [-0.2, 0) is 6.54 Å². The summed E-state index contributed by atoms with van der Waals surface area (Å²) in [4.78, 5) is 0. The molecule has 0 radical (unpaired) electrons. The maximum absolute atomic E-state index is 13.2. The summed E-state index contributed by atoms with van der Waals surface area (Å²) in [5, 5.41) is 4.18. The van der Waals surface area contributed by atoms with E-state index in [0.29, 0.717) is 12.1 Å². The van der Waals surface area contributed by atoms with E-state index in [1.807, 2.05) is 18.3 Å². The van der Waals surface area contributed by atoms with Crippen molar-refractivity contribution in [3.63, 3.8) is 0 Å². The second kappa shape index (κ2) is 4.08. The van der Waals surface area contributed by atoms with Crippen LogP contribution in [0.4, 0.5) is 4.39 Å². The summed E-state index contributed by atoms with van der Waals surface area (Å²) in [5.74, 6) is -0.182. The fourth-order valence-electron chi connectivity index (χ4n) is 1.23. The lowest BCUT2D eigenvalue weighted by molar-refractivity contribution is 0.584. The maximum atomic E-state index is 13.2. The topological polar surface area (TPSA) is 17.8 Å². The van der Waals surface area contributed by atoms with Crippen LogP contribution in [0.3, 0.4) is 0 Å². The van der Waals surface area contributed by atoms with Gasteiger partial charge in [0, 0.05) is 11.8 Å². The Kier molecular flexibility index (Phi) is 2.81. The van der Waals surface area contributed by atoms with Gasteiger partial charge in [0.05, 0.1) is 6.54 Å². The SMILES string of the molecule is Fc1ccccc1Cn1ccc(I)n1. The fourth-order valence-corrected chi connectivity index (χ4v) is 1.66. The Hall–Kier alpha value is -0.910. The molecule has 1 aromatic carbocycles. The third-order valence-electron chi connectivity index (χ3n) is 1.90. The molecule has 2 aromatic rings. The first kappa shape index (κ1) is 9.64. The van der Waals surface area contributed by atoms with Gasteiger partial charge in [0.15, 0.2) is 0 Å². The van der Waals surface area contributed by atoms with E-state index < -0.39 is 0 Å². The van der Waals surface area contributed by atoms with Crippen molar-refractivity contribution in [2.45, 2.75) is 6.54 Å². The number of aromatic nitrogens is 2. The van der Waals surface area contributed by atoms with Crippen LogP contribution in [0, 0.1) is 9.52 Å². The molecule has 0 aliphatic rings. The predicted molar refractivity (Wildman–Crippen MR) is 60.4 cm³/mol. The first-order valence-electron chi connectivity index (χ1n) is 4.18. The van der Waals surface area contributed by atoms with Crippen molar-refractivity contribution in [2.24, 2.45) is 0 Å². The van der Waals surface area contributed by atoms with Gasteiger partial charge < -0.3 is 0 Å². The number of hydrogen-bond acceptors (Lipinski definition) is 1.